The van der Waals surface area contributed by atoms with Crippen molar-refractivity contribution in [2.75, 3.05) is 5.73 Å². The van der Waals surface area contributed by atoms with Crippen molar-refractivity contribution in [3.8, 4) is 0 Å². The Labute approximate surface area is 79.1 Å². The summed E-state index contributed by atoms with van der Waals surface area (Å²) in [6.07, 6.45) is 1.40. The minimum absolute atomic E-state index is 0.0739. The van der Waals surface area contributed by atoms with E-state index in [4.69, 9.17) is 17.3 Å². The van der Waals surface area contributed by atoms with Gasteiger partial charge in [-0.15, -0.1) is 0 Å². The maximum atomic E-state index is 13.3. The predicted molar refractivity (Wildman–Crippen MR) is 51.1 cm³/mol. The van der Waals surface area contributed by atoms with Crippen LogP contribution in [0.15, 0.2) is 24.4 Å². The Morgan fingerprint density at radius 2 is 2.15 bits per heavy atom. The summed E-state index contributed by atoms with van der Waals surface area (Å²) >= 11 is 5.58. The number of anilines is 1. The van der Waals surface area contributed by atoms with Gasteiger partial charge in [0.2, 0.25) is 0 Å². The van der Waals surface area contributed by atoms with Crippen LogP contribution in [0.5, 0.6) is 0 Å². The van der Waals surface area contributed by atoms with Crippen LogP contribution in [0, 0.1) is 5.82 Å². The molecule has 0 aliphatic heterocycles. The van der Waals surface area contributed by atoms with Crippen LogP contribution in [-0.4, -0.2) is 4.98 Å². The molecule has 0 radical (unpaired) electrons. The fourth-order valence-electron chi connectivity index (χ4n) is 1.16. The summed E-state index contributed by atoms with van der Waals surface area (Å²) in [4.78, 5) is 3.86. The monoisotopic (exact) mass is 196 g/mol. The van der Waals surface area contributed by atoms with Crippen LogP contribution in [-0.2, 0) is 0 Å². The molecule has 0 atom stereocenters. The van der Waals surface area contributed by atoms with Gasteiger partial charge >= 0.3 is 0 Å². The first-order valence-corrected chi connectivity index (χ1v) is 4.05. The Morgan fingerprint density at radius 1 is 1.38 bits per heavy atom. The first-order chi connectivity index (χ1) is 6.18. The number of pyridine rings is 1. The molecule has 0 spiro atoms. The van der Waals surface area contributed by atoms with Crippen molar-refractivity contribution in [1.29, 1.82) is 0 Å². The van der Waals surface area contributed by atoms with Crippen LogP contribution in [0.25, 0.3) is 10.9 Å². The van der Waals surface area contributed by atoms with Gasteiger partial charge in [-0.2, -0.15) is 0 Å². The molecule has 2 N–H and O–H groups in total. The zero-order valence-corrected chi connectivity index (χ0v) is 7.35. The highest BCUT2D eigenvalue weighted by Crippen LogP contribution is 2.23. The van der Waals surface area contributed by atoms with Crippen LogP contribution in [0.3, 0.4) is 0 Å². The summed E-state index contributed by atoms with van der Waals surface area (Å²) < 4.78 is 13.3. The summed E-state index contributed by atoms with van der Waals surface area (Å²) in [7, 11) is 0. The predicted octanol–water partition coefficient (Wildman–Crippen LogP) is 2.61. The van der Waals surface area contributed by atoms with E-state index in [0.29, 0.717) is 11.1 Å². The summed E-state index contributed by atoms with van der Waals surface area (Å²) in [5.41, 5.74) is 6.25. The minimum Gasteiger partial charge on any atom is -0.397 e. The molecule has 2 rings (SSSR count). The first kappa shape index (κ1) is 8.26. The summed E-state index contributed by atoms with van der Waals surface area (Å²) in [5.74, 6) is -0.501. The molecule has 0 fully saturated rings. The molecule has 0 amide bonds. The molecule has 2 nitrogen and oxygen atoms in total. The number of benzene rings is 1. The van der Waals surface area contributed by atoms with Crippen molar-refractivity contribution in [3.05, 3.63) is 35.2 Å². The number of nitrogen functional groups attached to an aromatic ring is 1. The number of aromatic nitrogens is 1. The lowest BCUT2D eigenvalue weighted by Crippen LogP contribution is -1.89. The number of hydrogen-bond donors (Lipinski definition) is 1. The van der Waals surface area contributed by atoms with Gasteiger partial charge in [0, 0.05) is 5.39 Å². The standard InChI is InChI=1S/C9H6ClFN2/c10-7-2-1-5-3-6(12)4-13-9(5)8(7)11/h1-4H,12H2. The van der Waals surface area contributed by atoms with E-state index in [1.807, 2.05) is 0 Å². The second-order valence-electron chi connectivity index (χ2n) is 2.70. The molecular weight excluding hydrogens is 191 g/mol. The Bertz CT molecular complexity index is 470. The van der Waals surface area contributed by atoms with Crippen LogP contribution >= 0.6 is 11.6 Å². The number of hydrogen-bond acceptors (Lipinski definition) is 2. The summed E-state index contributed by atoms with van der Waals surface area (Å²) in [6.45, 7) is 0. The maximum absolute atomic E-state index is 13.3. The second-order valence-corrected chi connectivity index (χ2v) is 3.11. The van der Waals surface area contributed by atoms with Crippen LogP contribution in [0.2, 0.25) is 5.02 Å². The third-order valence-corrected chi connectivity index (χ3v) is 2.06. The van der Waals surface area contributed by atoms with Crippen LogP contribution in [0.4, 0.5) is 10.1 Å². The number of rotatable bonds is 0. The Kier molecular flexibility index (Phi) is 1.81. The highest BCUT2D eigenvalue weighted by Gasteiger charge is 2.06. The molecule has 0 unspecified atom stereocenters. The summed E-state index contributed by atoms with van der Waals surface area (Å²) in [5, 5.41) is 0.728. The fraction of sp³-hybridized carbons (Fsp3) is 0. The van der Waals surface area contributed by atoms with Gasteiger partial charge in [-0.1, -0.05) is 17.7 Å². The average molecular weight is 197 g/mol. The molecule has 0 aliphatic carbocycles. The average Bonchev–Trinajstić information content (AvgIpc) is 2.12. The lowest BCUT2D eigenvalue weighted by Gasteiger charge is -2.00. The third-order valence-electron chi connectivity index (χ3n) is 1.77. The van der Waals surface area contributed by atoms with Crippen molar-refractivity contribution >= 4 is 28.2 Å². The zero-order valence-electron chi connectivity index (χ0n) is 6.59. The second kappa shape index (κ2) is 2.85. The maximum Gasteiger partial charge on any atom is 0.167 e. The van der Waals surface area contributed by atoms with E-state index in [-0.39, 0.29) is 10.5 Å². The quantitative estimate of drug-likeness (QED) is 0.704. The van der Waals surface area contributed by atoms with Crippen LogP contribution < -0.4 is 5.73 Å². The molecule has 1 heterocycles. The van der Waals surface area contributed by atoms with Gasteiger partial charge in [-0.25, -0.2) is 4.39 Å². The molecule has 66 valence electrons. The third kappa shape index (κ3) is 1.31. The van der Waals surface area contributed by atoms with E-state index in [1.165, 1.54) is 12.3 Å². The van der Waals surface area contributed by atoms with Gasteiger partial charge in [0.25, 0.3) is 0 Å². The topological polar surface area (TPSA) is 38.9 Å². The van der Waals surface area contributed by atoms with E-state index in [0.717, 1.165) is 0 Å². The number of nitrogens with zero attached hydrogens (tertiary/aromatic N) is 1. The van der Waals surface area contributed by atoms with Crippen molar-refractivity contribution in [2.45, 2.75) is 0 Å². The van der Waals surface area contributed by atoms with E-state index >= 15 is 0 Å². The van der Waals surface area contributed by atoms with Crippen molar-refractivity contribution in [2.24, 2.45) is 0 Å². The molecular formula is C9H6ClFN2. The molecule has 2 aromatic rings. The molecule has 0 bridgehead atoms. The van der Waals surface area contributed by atoms with Crippen molar-refractivity contribution in [1.82, 2.24) is 4.98 Å². The van der Waals surface area contributed by atoms with E-state index in [1.54, 1.807) is 12.1 Å². The lowest BCUT2D eigenvalue weighted by molar-refractivity contribution is 0.637. The molecule has 0 saturated heterocycles. The summed E-state index contributed by atoms with van der Waals surface area (Å²) in [6, 6.07) is 4.83. The molecule has 13 heavy (non-hydrogen) atoms. The van der Waals surface area contributed by atoms with Gasteiger partial charge in [0.1, 0.15) is 5.52 Å². The van der Waals surface area contributed by atoms with Gasteiger partial charge in [0.05, 0.1) is 16.9 Å². The van der Waals surface area contributed by atoms with Gasteiger partial charge in [-0.05, 0) is 12.1 Å². The highest BCUT2D eigenvalue weighted by molar-refractivity contribution is 6.31. The van der Waals surface area contributed by atoms with Crippen LogP contribution in [0.1, 0.15) is 0 Å². The molecule has 1 aromatic carbocycles. The first-order valence-electron chi connectivity index (χ1n) is 3.68. The van der Waals surface area contributed by atoms with Gasteiger partial charge in [0.15, 0.2) is 5.82 Å². The van der Waals surface area contributed by atoms with Gasteiger partial charge < -0.3 is 5.73 Å². The zero-order chi connectivity index (χ0) is 9.42. The molecule has 1 aromatic heterocycles. The Balaban J connectivity index is 2.87. The van der Waals surface area contributed by atoms with E-state index in [2.05, 4.69) is 4.98 Å². The van der Waals surface area contributed by atoms with Gasteiger partial charge in [-0.3, -0.25) is 4.98 Å². The fourth-order valence-corrected chi connectivity index (χ4v) is 1.31. The number of nitrogens with two attached hydrogens (primary N) is 1. The largest absolute Gasteiger partial charge is 0.397 e. The molecule has 0 saturated carbocycles. The Morgan fingerprint density at radius 3 is 2.92 bits per heavy atom. The lowest BCUT2D eigenvalue weighted by atomic mass is 10.2. The number of fused-ring (bicyclic) bond motifs is 1. The highest BCUT2D eigenvalue weighted by atomic mass is 35.5. The van der Waals surface area contributed by atoms with Crippen molar-refractivity contribution < 1.29 is 4.39 Å². The van der Waals surface area contributed by atoms with E-state index < -0.39 is 5.82 Å². The smallest absolute Gasteiger partial charge is 0.167 e. The molecule has 0 aliphatic rings. The Hall–Kier alpha value is -1.35. The molecule has 4 heteroatoms. The van der Waals surface area contributed by atoms with Crippen molar-refractivity contribution in [3.63, 3.8) is 0 Å². The SMILES string of the molecule is Nc1cnc2c(F)c(Cl)ccc2c1. The van der Waals surface area contributed by atoms with E-state index in [9.17, 15) is 4.39 Å². The number of halogens is 2. The normalized spacial score (nSPS) is 10.6. The minimum atomic E-state index is -0.501.